The maximum absolute atomic E-state index is 5.39. The van der Waals surface area contributed by atoms with Gasteiger partial charge in [0.15, 0.2) is 5.82 Å². The minimum Gasteiger partial charge on any atom is -0.329 e. The van der Waals surface area contributed by atoms with Gasteiger partial charge in [-0.25, -0.2) is 4.68 Å². The summed E-state index contributed by atoms with van der Waals surface area (Å²) in [5.41, 5.74) is 5.39. The van der Waals surface area contributed by atoms with E-state index >= 15 is 0 Å². The Morgan fingerprint density at radius 3 is 2.83 bits per heavy atom. The summed E-state index contributed by atoms with van der Waals surface area (Å²) in [5.74, 6) is 0.852. The first-order valence-corrected chi connectivity index (χ1v) is 3.84. The number of nitrogens with zero attached hydrogens (tertiary/aromatic N) is 5. The van der Waals surface area contributed by atoms with Gasteiger partial charge in [-0.3, -0.25) is 0 Å². The van der Waals surface area contributed by atoms with Gasteiger partial charge >= 0.3 is 0 Å². The van der Waals surface area contributed by atoms with Crippen molar-refractivity contribution in [2.45, 2.75) is 13.1 Å². The van der Waals surface area contributed by atoms with Gasteiger partial charge in [-0.05, 0) is 24.5 Å². The summed E-state index contributed by atoms with van der Waals surface area (Å²) >= 11 is 0. The fourth-order valence-corrected chi connectivity index (χ4v) is 0.915. The molecule has 0 spiro atoms. The number of tetrazole rings is 1. The smallest absolute Gasteiger partial charge is 0.165 e. The van der Waals surface area contributed by atoms with Crippen LogP contribution in [-0.2, 0) is 13.1 Å². The second-order valence-electron chi connectivity index (χ2n) is 2.84. The van der Waals surface area contributed by atoms with Crippen LogP contribution in [0.2, 0.25) is 0 Å². The SMILES string of the molecule is CN(C)Cc1nnnn1CCN. The van der Waals surface area contributed by atoms with E-state index in [1.165, 1.54) is 0 Å². The van der Waals surface area contributed by atoms with Crippen LogP contribution in [0.1, 0.15) is 5.82 Å². The minimum atomic E-state index is 0.561. The maximum Gasteiger partial charge on any atom is 0.165 e. The van der Waals surface area contributed by atoms with Crippen molar-refractivity contribution in [3.8, 4) is 0 Å². The van der Waals surface area contributed by atoms with Gasteiger partial charge < -0.3 is 10.6 Å². The van der Waals surface area contributed by atoms with Gasteiger partial charge in [0.05, 0.1) is 13.1 Å². The molecule has 0 aliphatic carbocycles. The lowest BCUT2D eigenvalue weighted by atomic mass is 10.5. The van der Waals surface area contributed by atoms with Gasteiger partial charge in [0, 0.05) is 6.54 Å². The van der Waals surface area contributed by atoms with E-state index in [2.05, 4.69) is 15.5 Å². The first kappa shape index (κ1) is 9.08. The molecule has 0 radical (unpaired) electrons. The number of hydrogen-bond donors (Lipinski definition) is 1. The average Bonchev–Trinajstić information content (AvgIpc) is 2.37. The highest BCUT2D eigenvalue weighted by Crippen LogP contribution is 1.94. The Hall–Kier alpha value is -1.01. The summed E-state index contributed by atoms with van der Waals surface area (Å²) < 4.78 is 1.72. The third-order valence-electron chi connectivity index (χ3n) is 1.40. The Morgan fingerprint density at radius 1 is 1.50 bits per heavy atom. The zero-order chi connectivity index (χ0) is 8.97. The Labute approximate surface area is 71.3 Å². The van der Waals surface area contributed by atoms with Crippen molar-refractivity contribution in [3.05, 3.63) is 5.82 Å². The zero-order valence-corrected chi connectivity index (χ0v) is 7.43. The third kappa shape index (κ3) is 2.24. The van der Waals surface area contributed by atoms with E-state index in [0.29, 0.717) is 13.1 Å². The molecule has 0 amide bonds. The van der Waals surface area contributed by atoms with E-state index in [0.717, 1.165) is 12.4 Å². The second kappa shape index (κ2) is 4.13. The Bertz CT molecular complexity index is 230. The van der Waals surface area contributed by atoms with Crippen LogP contribution >= 0.6 is 0 Å². The molecule has 0 aromatic carbocycles. The Balaban J connectivity index is 2.63. The van der Waals surface area contributed by atoms with Crippen LogP contribution < -0.4 is 5.73 Å². The molecule has 68 valence electrons. The first-order chi connectivity index (χ1) is 5.74. The second-order valence-corrected chi connectivity index (χ2v) is 2.84. The summed E-state index contributed by atoms with van der Waals surface area (Å²) in [7, 11) is 3.95. The fourth-order valence-electron chi connectivity index (χ4n) is 0.915. The summed E-state index contributed by atoms with van der Waals surface area (Å²) in [6, 6.07) is 0. The van der Waals surface area contributed by atoms with Crippen molar-refractivity contribution in [2.75, 3.05) is 20.6 Å². The summed E-state index contributed by atoms with van der Waals surface area (Å²) in [6.07, 6.45) is 0. The summed E-state index contributed by atoms with van der Waals surface area (Å²) in [4.78, 5) is 2.01. The summed E-state index contributed by atoms with van der Waals surface area (Å²) in [5, 5.41) is 11.3. The van der Waals surface area contributed by atoms with Crippen LogP contribution in [-0.4, -0.2) is 45.7 Å². The molecule has 6 heteroatoms. The van der Waals surface area contributed by atoms with E-state index in [4.69, 9.17) is 5.73 Å². The van der Waals surface area contributed by atoms with Crippen molar-refractivity contribution in [1.82, 2.24) is 25.1 Å². The molecule has 1 heterocycles. The Kier molecular flexibility index (Phi) is 3.12. The quantitative estimate of drug-likeness (QED) is 0.607. The van der Waals surface area contributed by atoms with Crippen LogP contribution in [0.3, 0.4) is 0 Å². The molecule has 1 aromatic heterocycles. The predicted molar refractivity (Wildman–Crippen MR) is 44.3 cm³/mol. The molecular formula is C6H14N6. The molecule has 1 aromatic rings. The monoisotopic (exact) mass is 170 g/mol. The predicted octanol–water partition coefficient (Wildman–Crippen LogP) is -1.31. The van der Waals surface area contributed by atoms with E-state index < -0.39 is 0 Å². The van der Waals surface area contributed by atoms with Crippen molar-refractivity contribution < 1.29 is 0 Å². The number of rotatable bonds is 4. The van der Waals surface area contributed by atoms with Crippen LogP contribution in [0.4, 0.5) is 0 Å². The highest BCUT2D eigenvalue weighted by Gasteiger charge is 2.04. The molecule has 0 unspecified atom stereocenters. The highest BCUT2D eigenvalue weighted by atomic mass is 15.5. The lowest BCUT2D eigenvalue weighted by Crippen LogP contribution is -2.19. The van der Waals surface area contributed by atoms with Crippen molar-refractivity contribution in [3.63, 3.8) is 0 Å². The number of aromatic nitrogens is 4. The van der Waals surface area contributed by atoms with Crippen LogP contribution in [0, 0.1) is 0 Å². The van der Waals surface area contributed by atoms with Crippen LogP contribution in [0.5, 0.6) is 0 Å². The van der Waals surface area contributed by atoms with E-state index in [9.17, 15) is 0 Å². The fraction of sp³-hybridized carbons (Fsp3) is 0.833. The van der Waals surface area contributed by atoms with Gasteiger partial charge in [0.2, 0.25) is 0 Å². The van der Waals surface area contributed by atoms with Crippen molar-refractivity contribution in [2.24, 2.45) is 5.73 Å². The average molecular weight is 170 g/mol. The molecule has 2 N–H and O–H groups in total. The third-order valence-corrected chi connectivity index (χ3v) is 1.40. The van der Waals surface area contributed by atoms with Gasteiger partial charge in [0.25, 0.3) is 0 Å². The molecule has 0 saturated heterocycles. The molecular weight excluding hydrogens is 156 g/mol. The summed E-state index contributed by atoms with van der Waals surface area (Å²) in [6.45, 7) is 1.98. The molecule has 0 aliphatic heterocycles. The standard InChI is InChI=1S/C6H14N6/c1-11(2)5-6-8-9-10-12(6)4-3-7/h3-5,7H2,1-2H3. The van der Waals surface area contributed by atoms with E-state index in [-0.39, 0.29) is 0 Å². The van der Waals surface area contributed by atoms with E-state index in [1.807, 2.05) is 19.0 Å². The zero-order valence-electron chi connectivity index (χ0n) is 7.43. The number of hydrogen-bond acceptors (Lipinski definition) is 5. The van der Waals surface area contributed by atoms with Crippen molar-refractivity contribution >= 4 is 0 Å². The largest absolute Gasteiger partial charge is 0.329 e. The van der Waals surface area contributed by atoms with Crippen LogP contribution in [0.15, 0.2) is 0 Å². The van der Waals surface area contributed by atoms with E-state index in [1.54, 1.807) is 4.68 Å². The lowest BCUT2D eigenvalue weighted by molar-refractivity contribution is 0.376. The molecule has 0 fully saturated rings. The molecule has 0 saturated carbocycles. The lowest BCUT2D eigenvalue weighted by Gasteiger charge is -2.08. The van der Waals surface area contributed by atoms with Crippen LogP contribution in [0.25, 0.3) is 0 Å². The van der Waals surface area contributed by atoms with Crippen molar-refractivity contribution in [1.29, 1.82) is 0 Å². The first-order valence-electron chi connectivity index (χ1n) is 3.84. The molecule has 0 atom stereocenters. The molecule has 0 bridgehead atoms. The van der Waals surface area contributed by atoms with Gasteiger partial charge in [-0.1, -0.05) is 0 Å². The molecule has 0 aliphatic rings. The molecule has 12 heavy (non-hydrogen) atoms. The number of nitrogens with two attached hydrogens (primary N) is 1. The highest BCUT2D eigenvalue weighted by molar-refractivity contribution is 4.79. The van der Waals surface area contributed by atoms with Gasteiger partial charge in [-0.15, -0.1) is 5.10 Å². The molecule has 6 nitrogen and oxygen atoms in total. The Morgan fingerprint density at radius 2 is 2.25 bits per heavy atom. The molecule has 1 rings (SSSR count). The minimum absolute atomic E-state index is 0.561. The van der Waals surface area contributed by atoms with Gasteiger partial charge in [-0.2, -0.15) is 0 Å². The normalized spacial score (nSPS) is 11.0. The van der Waals surface area contributed by atoms with Gasteiger partial charge in [0.1, 0.15) is 0 Å². The topological polar surface area (TPSA) is 72.9 Å². The maximum atomic E-state index is 5.39.